The summed E-state index contributed by atoms with van der Waals surface area (Å²) < 4.78 is 24.2. The maximum Gasteiger partial charge on any atom is 0.211 e. The highest BCUT2D eigenvalue weighted by Gasteiger charge is 2.12. The minimum absolute atomic E-state index is 0.375. The largest absolute Gasteiger partial charge is 0.384 e. The molecule has 0 spiro atoms. The molecule has 1 heterocycles. The fraction of sp³-hybridized carbons (Fsp3) is 0.500. The summed E-state index contributed by atoms with van der Waals surface area (Å²) in [5.41, 5.74) is 1.20. The first kappa shape index (κ1) is 15.4. The first-order valence-electron chi connectivity index (χ1n) is 6.02. The van der Waals surface area contributed by atoms with E-state index in [1.807, 2.05) is 13.0 Å². The van der Waals surface area contributed by atoms with Crippen LogP contribution < -0.4 is 5.32 Å². The number of nitrogens with zero attached hydrogens (tertiary/aromatic N) is 3. The highest BCUT2D eigenvalue weighted by atomic mass is 32.2. The summed E-state index contributed by atoms with van der Waals surface area (Å²) in [6, 6.07) is 5.36. The molecular formula is C12H18N4O2S. The number of rotatable bonds is 7. The van der Waals surface area contributed by atoms with Crippen LogP contribution in [0.4, 0.5) is 5.69 Å². The maximum absolute atomic E-state index is 11.4. The van der Waals surface area contributed by atoms with E-state index < -0.39 is 10.0 Å². The molecule has 0 aliphatic heterocycles. The first-order valence-corrected chi connectivity index (χ1v) is 7.87. The quantitative estimate of drug-likeness (QED) is 0.755. The summed E-state index contributed by atoms with van der Waals surface area (Å²) in [4.78, 5) is 3.94. The van der Waals surface area contributed by atoms with Crippen molar-refractivity contribution in [2.45, 2.75) is 13.3 Å². The van der Waals surface area contributed by atoms with Gasteiger partial charge in [0.15, 0.2) is 0 Å². The van der Waals surface area contributed by atoms with Gasteiger partial charge in [0.2, 0.25) is 10.0 Å². The maximum atomic E-state index is 11.4. The number of sulfonamides is 1. The summed E-state index contributed by atoms with van der Waals surface area (Å²) >= 11 is 0. The van der Waals surface area contributed by atoms with Crippen molar-refractivity contribution in [2.24, 2.45) is 0 Å². The van der Waals surface area contributed by atoms with Crippen molar-refractivity contribution >= 4 is 15.7 Å². The summed E-state index contributed by atoms with van der Waals surface area (Å²) in [5, 5.41) is 11.7. The Morgan fingerprint density at radius 2 is 2.21 bits per heavy atom. The molecule has 104 valence electrons. The van der Waals surface area contributed by atoms with Crippen LogP contribution >= 0.6 is 0 Å². The number of nitriles is 1. The lowest BCUT2D eigenvalue weighted by molar-refractivity contribution is 0.429. The highest BCUT2D eigenvalue weighted by molar-refractivity contribution is 7.88. The molecule has 19 heavy (non-hydrogen) atoms. The van der Waals surface area contributed by atoms with E-state index in [0.29, 0.717) is 31.7 Å². The Morgan fingerprint density at radius 1 is 1.47 bits per heavy atom. The van der Waals surface area contributed by atoms with Crippen LogP contribution in [0.15, 0.2) is 18.3 Å². The Labute approximate surface area is 114 Å². The van der Waals surface area contributed by atoms with Crippen molar-refractivity contribution in [3.05, 3.63) is 24.0 Å². The normalized spacial score (nSPS) is 11.3. The molecule has 6 nitrogen and oxygen atoms in total. The summed E-state index contributed by atoms with van der Waals surface area (Å²) in [7, 11) is -3.11. The number of pyridine rings is 1. The Kier molecular flexibility index (Phi) is 5.73. The van der Waals surface area contributed by atoms with Crippen LogP contribution in [0.1, 0.15) is 19.0 Å². The van der Waals surface area contributed by atoms with Gasteiger partial charge in [-0.15, -0.1) is 0 Å². The molecule has 0 amide bonds. The van der Waals surface area contributed by atoms with Gasteiger partial charge in [0.25, 0.3) is 0 Å². The molecule has 0 aliphatic rings. The zero-order valence-electron chi connectivity index (χ0n) is 11.1. The molecule has 1 N–H and O–H groups in total. The number of anilines is 1. The third-order valence-corrected chi connectivity index (χ3v) is 3.99. The lowest BCUT2D eigenvalue weighted by Crippen LogP contribution is -2.31. The van der Waals surface area contributed by atoms with Crippen LogP contribution in [0.25, 0.3) is 0 Å². The van der Waals surface area contributed by atoms with E-state index in [2.05, 4.69) is 10.3 Å². The fourth-order valence-electron chi connectivity index (χ4n) is 1.61. The molecule has 0 radical (unpaired) electrons. The average molecular weight is 282 g/mol. The topological polar surface area (TPSA) is 86.1 Å². The molecule has 0 fully saturated rings. The van der Waals surface area contributed by atoms with Gasteiger partial charge in [-0.05, 0) is 18.6 Å². The second kappa shape index (κ2) is 7.07. The van der Waals surface area contributed by atoms with Gasteiger partial charge in [0.1, 0.15) is 11.8 Å². The Bertz CT molecular complexity index is 534. The standard InChI is InChI=1S/C12H18N4O2S/c1-3-16(19(2,17)18)8-4-7-14-12-6-5-11(9-13)15-10-12/h5-6,10,14H,3-4,7-8H2,1-2H3. The second-order valence-electron chi connectivity index (χ2n) is 4.08. The number of hydrogen-bond acceptors (Lipinski definition) is 5. The van der Waals surface area contributed by atoms with E-state index in [-0.39, 0.29) is 0 Å². The third kappa shape index (κ3) is 5.24. The molecule has 0 atom stereocenters. The van der Waals surface area contributed by atoms with Crippen molar-refractivity contribution in [3.63, 3.8) is 0 Å². The van der Waals surface area contributed by atoms with Gasteiger partial charge in [0.05, 0.1) is 18.1 Å². The van der Waals surface area contributed by atoms with Crippen molar-refractivity contribution in [3.8, 4) is 6.07 Å². The molecule has 1 rings (SSSR count). The molecule has 0 bridgehead atoms. The predicted octanol–water partition coefficient (Wildman–Crippen LogP) is 1.04. The van der Waals surface area contributed by atoms with Gasteiger partial charge in [-0.1, -0.05) is 6.92 Å². The van der Waals surface area contributed by atoms with Gasteiger partial charge in [0, 0.05) is 19.6 Å². The molecule has 7 heteroatoms. The van der Waals surface area contributed by atoms with Crippen LogP contribution in [-0.2, 0) is 10.0 Å². The van der Waals surface area contributed by atoms with Crippen molar-refractivity contribution in [1.82, 2.24) is 9.29 Å². The molecule has 0 saturated heterocycles. The number of hydrogen-bond donors (Lipinski definition) is 1. The highest BCUT2D eigenvalue weighted by Crippen LogP contribution is 2.06. The second-order valence-corrected chi connectivity index (χ2v) is 6.06. The Hall–Kier alpha value is -1.65. The lowest BCUT2D eigenvalue weighted by atomic mass is 10.3. The first-order chi connectivity index (χ1) is 8.97. The summed E-state index contributed by atoms with van der Waals surface area (Å²) in [6.45, 7) is 3.45. The zero-order valence-corrected chi connectivity index (χ0v) is 11.9. The Balaban J connectivity index is 2.36. The zero-order chi connectivity index (χ0) is 14.3. The van der Waals surface area contributed by atoms with Crippen LogP contribution in [-0.4, -0.2) is 43.6 Å². The van der Waals surface area contributed by atoms with Crippen molar-refractivity contribution < 1.29 is 8.42 Å². The fourth-order valence-corrected chi connectivity index (χ4v) is 2.54. The van der Waals surface area contributed by atoms with E-state index in [1.54, 1.807) is 18.3 Å². The van der Waals surface area contributed by atoms with E-state index in [0.717, 1.165) is 5.69 Å². The van der Waals surface area contributed by atoms with Crippen LogP contribution in [0.2, 0.25) is 0 Å². The van der Waals surface area contributed by atoms with Gasteiger partial charge in [-0.25, -0.2) is 17.7 Å². The van der Waals surface area contributed by atoms with Crippen molar-refractivity contribution in [2.75, 3.05) is 31.2 Å². The monoisotopic (exact) mass is 282 g/mol. The molecule has 1 aromatic rings. The van der Waals surface area contributed by atoms with E-state index in [4.69, 9.17) is 5.26 Å². The smallest absolute Gasteiger partial charge is 0.211 e. The van der Waals surface area contributed by atoms with Gasteiger partial charge < -0.3 is 5.32 Å². The molecule has 0 unspecified atom stereocenters. The summed E-state index contributed by atoms with van der Waals surface area (Å²) in [5.74, 6) is 0. The molecule has 0 aromatic carbocycles. The van der Waals surface area contributed by atoms with Gasteiger partial charge in [-0.2, -0.15) is 5.26 Å². The van der Waals surface area contributed by atoms with Crippen LogP contribution in [0.5, 0.6) is 0 Å². The SMILES string of the molecule is CCN(CCCNc1ccc(C#N)nc1)S(C)(=O)=O. The molecule has 0 aliphatic carbocycles. The van der Waals surface area contributed by atoms with Crippen molar-refractivity contribution in [1.29, 1.82) is 5.26 Å². The third-order valence-electron chi connectivity index (χ3n) is 2.61. The minimum atomic E-state index is -3.11. The summed E-state index contributed by atoms with van der Waals surface area (Å²) in [6.07, 6.45) is 3.52. The van der Waals surface area contributed by atoms with Crippen LogP contribution in [0.3, 0.4) is 0 Å². The van der Waals surface area contributed by atoms with Crippen LogP contribution in [0, 0.1) is 11.3 Å². The number of aromatic nitrogens is 1. The van der Waals surface area contributed by atoms with Gasteiger partial charge >= 0.3 is 0 Å². The van der Waals surface area contributed by atoms with Gasteiger partial charge in [-0.3, -0.25) is 0 Å². The van der Waals surface area contributed by atoms with E-state index in [9.17, 15) is 8.42 Å². The Morgan fingerprint density at radius 3 is 2.68 bits per heavy atom. The lowest BCUT2D eigenvalue weighted by Gasteiger charge is -2.17. The predicted molar refractivity (Wildman–Crippen MR) is 74.1 cm³/mol. The molecule has 0 saturated carbocycles. The minimum Gasteiger partial charge on any atom is -0.384 e. The molecule has 1 aromatic heterocycles. The number of nitrogens with one attached hydrogen (secondary N) is 1. The molecular weight excluding hydrogens is 264 g/mol. The average Bonchev–Trinajstić information content (AvgIpc) is 2.38. The van der Waals surface area contributed by atoms with E-state index >= 15 is 0 Å². The van der Waals surface area contributed by atoms with E-state index in [1.165, 1.54) is 10.6 Å².